The minimum absolute atomic E-state index is 0.116. The number of aryl methyl sites for hydroxylation is 1. The van der Waals surface area contributed by atoms with Crippen molar-refractivity contribution >= 4 is 40.1 Å². The predicted octanol–water partition coefficient (Wildman–Crippen LogP) is 3.91. The van der Waals surface area contributed by atoms with Gasteiger partial charge in [-0.25, -0.2) is 9.78 Å². The Morgan fingerprint density at radius 1 is 1.11 bits per heavy atom. The second kappa shape index (κ2) is 10.1. The van der Waals surface area contributed by atoms with Gasteiger partial charge in [0.1, 0.15) is 5.60 Å². The van der Waals surface area contributed by atoms with Crippen LogP contribution in [0.15, 0.2) is 18.2 Å². The third-order valence-electron chi connectivity index (χ3n) is 6.88. The van der Waals surface area contributed by atoms with Crippen molar-refractivity contribution < 1.29 is 19.1 Å². The van der Waals surface area contributed by atoms with E-state index in [1.807, 2.05) is 49.6 Å². The average Bonchev–Trinajstić information content (AvgIpc) is 3.50. The Morgan fingerprint density at radius 3 is 2.51 bits per heavy atom. The molecule has 3 heterocycles. The SMILES string of the molecule is Cc1sc(NC(=O)CN2CCN(C(=O)OC(C)(C)C)CC2)nc1-c1ccc2c(c1)CCN2C(=O)C1CC1. The lowest BCUT2D eigenvalue weighted by atomic mass is 10.1. The monoisotopic (exact) mass is 525 g/mol. The zero-order valence-electron chi connectivity index (χ0n) is 22.0. The lowest BCUT2D eigenvalue weighted by molar-refractivity contribution is -0.119. The summed E-state index contributed by atoms with van der Waals surface area (Å²) in [6.07, 6.45) is 2.57. The number of benzene rings is 1. The van der Waals surface area contributed by atoms with E-state index in [4.69, 9.17) is 9.72 Å². The van der Waals surface area contributed by atoms with Gasteiger partial charge in [0.25, 0.3) is 0 Å². The number of hydrogen-bond acceptors (Lipinski definition) is 7. The highest BCUT2D eigenvalue weighted by molar-refractivity contribution is 7.16. The van der Waals surface area contributed by atoms with Gasteiger partial charge in [0.15, 0.2) is 5.13 Å². The first kappa shape index (κ1) is 25.7. The molecule has 198 valence electrons. The van der Waals surface area contributed by atoms with Crippen molar-refractivity contribution in [1.29, 1.82) is 0 Å². The smallest absolute Gasteiger partial charge is 0.410 e. The molecule has 0 spiro atoms. The van der Waals surface area contributed by atoms with Crippen LogP contribution in [0.3, 0.4) is 0 Å². The fourth-order valence-corrected chi connectivity index (χ4v) is 5.68. The first-order valence-corrected chi connectivity index (χ1v) is 13.8. The van der Waals surface area contributed by atoms with E-state index in [-0.39, 0.29) is 30.4 Å². The van der Waals surface area contributed by atoms with E-state index >= 15 is 0 Å². The molecule has 37 heavy (non-hydrogen) atoms. The highest BCUT2D eigenvalue weighted by atomic mass is 32.1. The molecule has 3 amide bonds. The molecule has 1 N–H and O–H groups in total. The summed E-state index contributed by atoms with van der Waals surface area (Å²) in [5.74, 6) is 0.355. The molecule has 0 radical (unpaired) electrons. The van der Waals surface area contributed by atoms with Crippen molar-refractivity contribution in [3.8, 4) is 11.3 Å². The Labute approximate surface area is 221 Å². The first-order chi connectivity index (χ1) is 17.6. The molecule has 2 aliphatic heterocycles. The van der Waals surface area contributed by atoms with Crippen molar-refractivity contribution in [2.24, 2.45) is 5.92 Å². The third kappa shape index (κ3) is 5.96. The van der Waals surface area contributed by atoms with Crippen LogP contribution in [0.1, 0.15) is 44.1 Å². The van der Waals surface area contributed by atoms with Gasteiger partial charge in [-0.2, -0.15) is 0 Å². The van der Waals surface area contributed by atoms with Gasteiger partial charge < -0.3 is 19.9 Å². The Morgan fingerprint density at radius 2 is 1.84 bits per heavy atom. The summed E-state index contributed by atoms with van der Waals surface area (Å²) in [4.78, 5) is 49.0. The molecule has 5 rings (SSSR count). The number of nitrogens with zero attached hydrogens (tertiary/aromatic N) is 4. The fourth-order valence-electron chi connectivity index (χ4n) is 4.82. The van der Waals surface area contributed by atoms with Gasteiger partial charge in [0.2, 0.25) is 11.8 Å². The highest BCUT2D eigenvalue weighted by Gasteiger charge is 2.36. The van der Waals surface area contributed by atoms with Gasteiger partial charge >= 0.3 is 6.09 Å². The van der Waals surface area contributed by atoms with Crippen LogP contribution >= 0.6 is 11.3 Å². The number of carbonyl (C=O) groups excluding carboxylic acids is 3. The van der Waals surface area contributed by atoms with E-state index in [1.54, 1.807) is 4.90 Å². The van der Waals surface area contributed by atoms with Gasteiger partial charge in [-0.1, -0.05) is 6.07 Å². The van der Waals surface area contributed by atoms with E-state index in [2.05, 4.69) is 11.4 Å². The number of rotatable bonds is 5. The number of carbonyl (C=O) groups is 3. The van der Waals surface area contributed by atoms with Crippen molar-refractivity contribution in [3.05, 3.63) is 28.6 Å². The molecule has 0 unspecified atom stereocenters. The predicted molar refractivity (Wildman–Crippen MR) is 144 cm³/mol. The molecular weight excluding hydrogens is 490 g/mol. The standard InChI is InChI=1S/C27H35N5O4S/c1-17-23(20-7-8-21-19(15-20)9-10-32(21)24(34)18-5-6-18)29-25(37-17)28-22(33)16-30-11-13-31(14-12-30)26(35)36-27(2,3)4/h7-8,15,18H,5-6,9-14,16H2,1-4H3,(H,28,29,33). The van der Waals surface area contributed by atoms with E-state index in [9.17, 15) is 14.4 Å². The van der Waals surface area contributed by atoms with Crippen LogP contribution in [0.5, 0.6) is 0 Å². The quantitative estimate of drug-likeness (QED) is 0.636. The van der Waals surface area contributed by atoms with Crippen LogP contribution in [0.25, 0.3) is 11.3 Å². The van der Waals surface area contributed by atoms with Crippen LogP contribution < -0.4 is 10.2 Å². The Bertz CT molecular complexity index is 1210. The fraction of sp³-hybridized carbons (Fsp3) is 0.556. The lowest BCUT2D eigenvalue weighted by Crippen LogP contribution is -2.51. The van der Waals surface area contributed by atoms with Crippen LogP contribution in [-0.4, -0.2) is 77.6 Å². The summed E-state index contributed by atoms with van der Waals surface area (Å²) in [6.45, 7) is 10.9. The minimum atomic E-state index is -0.520. The normalized spacial score (nSPS) is 18.1. The highest BCUT2D eigenvalue weighted by Crippen LogP contribution is 2.39. The number of anilines is 2. The van der Waals surface area contributed by atoms with Crippen LogP contribution in [0.2, 0.25) is 0 Å². The maximum absolute atomic E-state index is 12.7. The number of hydrogen-bond donors (Lipinski definition) is 1. The topological polar surface area (TPSA) is 95.1 Å². The van der Waals surface area contributed by atoms with E-state index in [1.165, 1.54) is 16.9 Å². The Kier molecular flexibility index (Phi) is 6.97. The molecule has 0 atom stereocenters. The van der Waals surface area contributed by atoms with Crippen molar-refractivity contribution in [2.45, 2.75) is 52.6 Å². The number of fused-ring (bicyclic) bond motifs is 1. The van der Waals surface area contributed by atoms with Crippen molar-refractivity contribution in [3.63, 3.8) is 0 Å². The Balaban J connectivity index is 1.16. The molecule has 3 aliphatic rings. The first-order valence-electron chi connectivity index (χ1n) is 13.0. The summed E-state index contributed by atoms with van der Waals surface area (Å²) in [7, 11) is 0. The second-order valence-electron chi connectivity index (χ2n) is 11.1. The van der Waals surface area contributed by atoms with Crippen LogP contribution in [0, 0.1) is 12.8 Å². The molecule has 2 aromatic rings. The van der Waals surface area contributed by atoms with E-state index < -0.39 is 5.60 Å². The van der Waals surface area contributed by atoms with E-state index in [0.29, 0.717) is 31.3 Å². The Hall–Kier alpha value is -2.98. The number of ether oxygens (including phenoxy) is 1. The zero-order valence-corrected chi connectivity index (χ0v) is 22.8. The third-order valence-corrected chi connectivity index (χ3v) is 7.76. The molecular formula is C27H35N5O4S. The van der Waals surface area contributed by atoms with Crippen molar-refractivity contribution in [1.82, 2.24) is 14.8 Å². The van der Waals surface area contributed by atoms with Gasteiger partial charge in [-0.3, -0.25) is 14.5 Å². The largest absolute Gasteiger partial charge is 0.444 e. The number of nitrogens with one attached hydrogen (secondary N) is 1. The summed E-state index contributed by atoms with van der Waals surface area (Å²) in [6, 6.07) is 6.19. The second-order valence-corrected chi connectivity index (χ2v) is 12.3. The van der Waals surface area contributed by atoms with Gasteiger partial charge in [-0.05, 0) is 64.7 Å². The zero-order chi connectivity index (χ0) is 26.3. The van der Waals surface area contributed by atoms with Crippen LogP contribution in [-0.2, 0) is 20.7 Å². The lowest BCUT2D eigenvalue weighted by Gasteiger charge is -2.35. The van der Waals surface area contributed by atoms with Gasteiger partial charge in [0, 0.05) is 54.8 Å². The van der Waals surface area contributed by atoms with Gasteiger partial charge in [0.05, 0.1) is 12.2 Å². The average molecular weight is 526 g/mol. The molecule has 1 saturated heterocycles. The summed E-state index contributed by atoms with van der Waals surface area (Å²) >= 11 is 1.46. The minimum Gasteiger partial charge on any atom is -0.444 e. The maximum Gasteiger partial charge on any atom is 0.410 e. The molecule has 0 bridgehead atoms. The summed E-state index contributed by atoms with van der Waals surface area (Å²) in [5, 5.41) is 3.53. The van der Waals surface area contributed by atoms with Crippen LogP contribution in [0.4, 0.5) is 15.6 Å². The number of thiazole rings is 1. The van der Waals surface area contributed by atoms with Gasteiger partial charge in [-0.15, -0.1) is 11.3 Å². The molecule has 1 aromatic carbocycles. The number of amides is 3. The molecule has 1 aromatic heterocycles. The summed E-state index contributed by atoms with van der Waals surface area (Å²) in [5.41, 5.74) is 3.55. The molecule has 1 saturated carbocycles. The number of piperazine rings is 1. The molecule has 1 aliphatic carbocycles. The van der Waals surface area contributed by atoms with E-state index in [0.717, 1.165) is 47.6 Å². The maximum atomic E-state index is 12.7. The molecule has 2 fully saturated rings. The molecule has 9 nitrogen and oxygen atoms in total. The molecule has 10 heteroatoms. The van der Waals surface area contributed by atoms with Crippen molar-refractivity contribution in [2.75, 3.05) is 49.5 Å². The summed E-state index contributed by atoms with van der Waals surface area (Å²) < 4.78 is 5.44. The number of aromatic nitrogens is 1.